The Hall–Kier alpha value is -1.60. The van der Waals surface area contributed by atoms with Crippen molar-refractivity contribution in [1.29, 1.82) is 0 Å². The second-order valence-electron chi connectivity index (χ2n) is 7.87. The van der Waals surface area contributed by atoms with Crippen LogP contribution in [0.15, 0.2) is 35.2 Å². The Morgan fingerprint density at radius 2 is 1.74 bits per heavy atom. The van der Waals surface area contributed by atoms with Crippen molar-refractivity contribution in [2.24, 2.45) is 11.8 Å². The summed E-state index contributed by atoms with van der Waals surface area (Å²) in [6.07, 6.45) is 4.90. The second-order valence-corrected chi connectivity index (χ2v) is 9.81. The SMILES string of the molecule is CC1CCCN(C(=O)NCC2CCN(S(=O)(=O)c3ccccc3)CC2)CC1. The van der Waals surface area contributed by atoms with Gasteiger partial charge in [-0.3, -0.25) is 0 Å². The molecular weight excluding hydrogens is 362 g/mol. The number of amides is 2. The number of carbonyl (C=O) groups is 1. The van der Waals surface area contributed by atoms with E-state index in [1.807, 2.05) is 11.0 Å². The molecule has 0 aliphatic carbocycles. The fraction of sp³-hybridized carbons (Fsp3) is 0.650. The van der Waals surface area contributed by atoms with Gasteiger partial charge in [-0.05, 0) is 56.1 Å². The van der Waals surface area contributed by atoms with E-state index in [0.29, 0.717) is 36.4 Å². The molecule has 1 aromatic rings. The molecule has 2 saturated heterocycles. The molecule has 0 bridgehead atoms. The Kier molecular flexibility index (Phi) is 6.76. The van der Waals surface area contributed by atoms with Gasteiger partial charge in [-0.25, -0.2) is 13.2 Å². The van der Waals surface area contributed by atoms with Gasteiger partial charge in [0.2, 0.25) is 10.0 Å². The number of carbonyl (C=O) groups excluding carboxylic acids is 1. The maximum Gasteiger partial charge on any atom is 0.317 e. The smallest absolute Gasteiger partial charge is 0.317 e. The van der Waals surface area contributed by atoms with Gasteiger partial charge in [0.05, 0.1) is 4.90 Å². The molecule has 1 atom stereocenters. The third-order valence-corrected chi connectivity index (χ3v) is 7.71. The van der Waals surface area contributed by atoms with Crippen molar-refractivity contribution in [2.45, 2.75) is 43.9 Å². The van der Waals surface area contributed by atoms with E-state index in [-0.39, 0.29) is 6.03 Å². The molecule has 150 valence electrons. The van der Waals surface area contributed by atoms with E-state index in [9.17, 15) is 13.2 Å². The van der Waals surface area contributed by atoms with Crippen molar-refractivity contribution in [3.05, 3.63) is 30.3 Å². The molecule has 2 amide bonds. The summed E-state index contributed by atoms with van der Waals surface area (Å²) in [5.74, 6) is 1.03. The maximum atomic E-state index is 12.7. The van der Waals surface area contributed by atoms with Crippen molar-refractivity contribution in [3.8, 4) is 0 Å². The third kappa shape index (κ3) is 5.23. The van der Waals surface area contributed by atoms with Gasteiger partial charge in [0.1, 0.15) is 0 Å². The predicted octanol–water partition coefficient (Wildman–Crippen LogP) is 2.92. The van der Waals surface area contributed by atoms with Crippen LogP contribution in [0.1, 0.15) is 39.0 Å². The molecule has 1 N–H and O–H groups in total. The lowest BCUT2D eigenvalue weighted by Crippen LogP contribution is -2.45. The summed E-state index contributed by atoms with van der Waals surface area (Å²) in [4.78, 5) is 14.7. The highest BCUT2D eigenvalue weighted by Crippen LogP contribution is 2.23. The Balaban J connectivity index is 1.45. The summed E-state index contributed by atoms with van der Waals surface area (Å²) in [5, 5.41) is 3.07. The molecule has 0 saturated carbocycles. The highest BCUT2D eigenvalue weighted by molar-refractivity contribution is 7.89. The van der Waals surface area contributed by atoms with E-state index < -0.39 is 10.0 Å². The molecule has 6 nitrogen and oxygen atoms in total. The van der Waals surface area contributed by atoms with Gasteiger partial charge in [-0.15, -0.1) is 0 Å². The summed E-state index contributed by atoms with van der Waals surface area (Å²) < 4.78 is 26.9. The van der Waals surface area contributed by atoms with Crippen molar-refractivity contribution in [1.82, 2.24) is 14.5 Å². The number of piperidine rings is 1. The van der Waals surface area contributed by atoms with Crippen LogP contribution in [-0.4, -0.2) is 56.4 Å². The molecule has 2 aliphatic heterocycles. The van der Waals surface area contributed by atoms with Gasteiger partial charge >= 0.3 is 6.03 Å². The first-order chi connectivity index (χ1) is 13.0. The third-order valence-electron chi connectivity index (χ3n) is 5.80. The Bertz CT molecular complexity index is 715. The first-order valence-electron chi connectivity index (χ1n) is 10.0. The van der Waals surface area contributed by atoms with Gasteiger partial charge in [0, 0.05) is 32.7 Å². The zero-order valence-electron chi connectivity index (χ0n) is 16.1. The molecule has 7 heteroatoms. The molecular formula is C20H31N3O3S. The number of hydrogen-bond acceptors (Lipinski definition) is 3. The van der Waals surface area contributed by atoms with Crippen LogP contribution in [0.4, 0.5) is 4.79 Å². The lowest BCUT2D eigenvalue weighted by molar-refractivity contribution is 0.193. The van der Waals surface area contributed by atoms with Gasteiger partial charge in [0.15, 0.2) is 0 Å². The molecule has 2 fully saturated rings. The number of hydrogen-bond donors (Lipinski definition) is 1. The van der Waals surface area contributed by atoms with Crippen molar-refractivity contribution >= 4 is 16.1 Å². The molecule has 1 aromatic carbocycles. The zero-order chi connectivity index (χ0) is 19.3. The maximum absolute atomic E-state index is 12.7. The number of rotatable bonds is 4. The number of benzene rings is 1. The summed E-state index contributed by atoms with van der Waals surface area (Å²) in [5.41, 5.74) is 0. The summed E-state index contributed by atoms with van der Waals surface area (Å²) >= 11 is 0. The number of sulfonamides is 1. The Morgan fingerprint density at radius 1 is 1.04 bits per heavy atom. The van der Waals surface area contributed by atoms with E-state index >= 15 is 0 Å². The van der Waals surface area contributed by atoms with Gasteiger partial charge < -0.3 is 10.2 Å². The van der Waals surface area contributed by atoms with Crippen LogP contribution in [0.25, 0.3) is 0 Å². The van der Waals surface area contributed by atoms with E-state index in [1.54, 1.807) is 28.6 Å². The topological polar surface area (TPSA) is 69.7 Å². The Labute approximate surface area is 163 Å². The molecule has 27 heavy (non-hydrogen) atoms. The average molecular weight is 394 g/mol. The minimum absolute atomic E-state index is 0.0310. The highest BCUT2D eigenvalue weighted by Gasteiger charge is 2.29. The number of nitrogens with zero attached hydrogens (tertiary/aromatic N) is 2. The Morgan fingerprint density at radius 3 is 2.44 bits per heavy atom. The molecule has 1 unspecified atom stereocenters. The van der Waals surface area contributed by atoms with Crippen LogP contribution in [0.2, 0.25) is 0 Å². The molecule has 3 rings (SSSR count). The largest absolute Gasteiger partial charge is 0.338 e. The lowest BCUT2D eigenvalue weighted by atomic mass is 9.98. The summed E-state index contributed by atoms with van der Waals surface area (Å²) in [6.45, 7) is 5.57. The van der Waals surface area contributed by atoms with Crippen LogP contribution in [0.5, 0.6) is 0 Å². The number of likely N-dealkylation sites (tertiary alicyclic amines) is 1. The molecule has 0 aromatic heterocycles. The van der Waals surface area contributed by atoms with Gasteiger partial charge in [-0.1, -0.05) is 25.1 Å². The van der Waals surface area contributed by atoms with E-state index in [1.165, 1.54) is 6.42 Å². The average Bonchev–Trinajstić information content (AvgIpc) is 2.91. The van der Waals surface area contributed by atoms with Crippen LogP contribution in [0, 0.1) is 11.8 Å². The fourth-order valence-electron chi connectivity index (χ4n) is 3.90. The molecule has 2 heterocycles. The van der Waals surface area contributed by atoms with E-state index in [2.05, 4.69) is 12.2 Å². The fourth-order valence-corrected chi connectivity index (χ4v) is 5.40. The van der Waals surface area contributed by atoms with Crippen molar-refractivity contribution in [3.63, 3.8) is 0 Å². The van der Waals surface area contributed by atoms with Crippen molar-refractivity contribution in [2.75, 3.05) is 32.7 Å². The van der Waals surface area contributed by atoms with Gasteiger partial charge in [-0.2, -0.15) is 4.31 Å². The molecule has 2 aliphatic rings. The van der Waals surface area contributed by atoms with Gasteiger partial charge in [0.25, 0.3) is 0 Å². The number of nitrogens with one attached hydrogen (secondary N) is 1. The number of urea groups is 1. The monoisotopic (exact) mass is 393 g/mol. The quantitative estimate of drug-likeness (QED) is 0.855. The van der Waals surface area contributed by atoms with Crippen LogP contribution >= 0.6 is 0 Å². The minimum atomic E-state index is -3.41. The normalized spacial score (nSPS) is 23.0. The van der Waals surface area contributed by atoms with E-state index in [4.69, 9.17) is 0 Å². The van der Waals surface area contributed by atoms with E-state index in [0.717, 1.165) is 38.8 Å². The second kappa shape index (κ2) is 9.06. The van der Waals surface area contributed by atoms with Crippen LogP contribution in [-0.2, 0) is 10.0 Å². The molecule has 0 spiro atoms. The first kappa shape index (κ1) is 20.1. The lowest BCUT2D eigenvalue weighted by Gasteiger charge is -2.31. The highest BCUT2D eigenvalue weighted by atomic mass is 32.2. The standard InChI is InChI=1S/C20H31N3O3S/c1-17-6-5-12-22(13-9-17)20(24)21-16-18-10-14-23(15-11-18)27(25,26)19-7-3-2-4-8-19/h2-4,7-8,17-18H,5-6,9-16H2,1H3,(H,21,24). The summed E-state index contributed by atoms with van der Waals surface area (Å²) in [6, 6.07) is 8.63. The predicted molar refractivity (Wildman–Crippen MR) is 106 cm³/mol. The minimum Gasteiger partial charge on any atom is -0.338 e. The molecule has 0 radical (unpaired) electrons. The first-order valence-corrected chi connectivity index (χ1v) is 11.5. The van der Waals surface area contributed by atoms with Crippen molar-refractivity contribution < 1.29 is 13.2 Å². The zero-order valence-corrected chi connectivity index (χ0v) is 17.0. The van der Waals surface area contributed by atoms with Crippen LogP contribution < -0.4 is 5.32 Å². The van der Waals surface area contributed by atoms with Crippen LogP contribution in [0.3, 0.4) is 0 Å². The summed E-state index contributed by atoms with van der Waals surface area (Å²) in [7, 11) is -3.41.